The Morgan fingerprint density at radius 3 is 2.86 bits per heavy atom. The maximum Gasteiger partial charge on any atom is 0.107 e. The van der Waals surface area contributed by atoms with Gasteiger partial charge in [0.2, 0.25) is 0 Å². The van der Waals surface area contributed by atoms with Crippen molar-refractivity contribution in [3.05, 3.63) is 47.4 Å². The van der Waals surface area contributed by atoms with Crippen molar-refractivity contribution in [3.63, 3.8) is 0 Å². The Labute approximate surface area is 128 Å². The van der Waals surface area contributed by atoms with E-state index in [1.165, 1.54) is 17.3 Å². The summed E-state index contributed by atoms with van der Waals surface area (Å²) in [5.41, 5.74) is 3.21. The van der Waals surface area contributed by atoms with E-state index < -0.39 is 0 Å². The minimum Gasteiger partial charge on any atom is -0.466 e. The number of aromatic nitrogens is 2. The maximum absolute atomic E-state index is 5.66. The zero-order valence-electron chi connectivity index (χ0n) is 12.3. The lowest BCUT2D eigenvalue weighted by Gasteiger charge is -2.09. The molecule has 0 saturated carbocycles. The lowest BCUT2D eigenvalue weighted by molar-refractivity contribution is 0.437. The fraction of sp³-hybridized carbons (Fsp3) is 0.375. The van der Waals surface area contributed by atoms with Crippen LogP contribution in [0.3, 0.4) is 0 Å². The molecule has 2 heterocycles. The molecule has 2 aromatic heterocycles. The highest BCUT2D eigenvalue weighted by Gasteiger charge is 2.09. The number of nitrogens with one attached hydrogen (secondary N) is 1. The van der Waals surface area contributed by atoms with E-state index in [-0.39, 0.29) is 0 Å². The number of fused-ring (bicyclic) bond motifs is 1. The summed E-state index contributed by atoms with van der Waals surface area (Å²) in [7, 11) is 0. The first-order valence-corrected chi connectivity index (χ1v) is 7.93. The molecule has 0 amide bonds. The Bertz CT molecular complexity index is 719. The maximum atomic E-state index is 5.66. The average molecular weight is 301 g/mol. The van der Waals surface area contributed by atoms with Crippen LogP contribution in [0.5, 0.6) is 0 Å². The third-order valence-electron chi connectivity index (χ3n) is 3.65. The highest BCUT2D eigenvalue weighted by molar-refractivity contribution is 7.00. The second-order valence-corrected chi connectivity index (χ2v) is 5.93. The molecule has 0 fully saturated rings. The van der Waals surface area contributed by atoms with Gasteiger partial charge in [-0.1, -0.05) is 13.0 Å². The Balaban J connectivity index is 1.47. The van der Waals surface area contributed by atoms with Gasteiger partial charge in [-0.2, -0.15) is 8.75 Å². The molecule has 5 heteroatoms. The molecule has 21 heavy (non-hydrogen) atoms. The lowest BCUT2D eigenvalue weighted by atomic mass is 10.1. The summed E-state index contributed by atoms with van der Waals surface area (Å²) in [6.07, 6.45) is 1.06. The fourth-order valence-corrected chi connectivity index (χ4v) is 2.87. The van der Waals surface area contributed by atoms with Gasteiger partial charge in [0.25, 0.3) is 0 Å². The summed E-state index contributed by atoms with van der Waals surface area (Å²) in [5, 5.41) is 3.48. The van der Waals surface area contributed by atoms with Crippen LogP contribution in [0, 0.1) is 6.92 Å². The molecule has 0 aliphatic carbocycles. The molecule has 0 spiro atoms. The topological polar surface area (TPSA) is 51.0 Å². The standard InChI is InChI=1S/C16H19N3OS/c1-11(16-6-3-12(2)20-16)7-8-17-10-13-4-5-14-15(9-13)19-21-18-14/h3-6,9,11,17H,7-8,10H2,1-2H3/t11-/m0/s1. The molecule has 0 radical (unpaired) electrons. The van der Waals surface area contributed by atoms with Crippen molar-refractivity contribution in [2.24, 2.45) is 0 Å². The molecule has 0 aliphatic heterocycles. The molecule has 0 unspecified atom stereocenters. The van der Waals surface area contributed by atoms with Gasteiger partial charge in [-0.25, -0.2) is 0 Å². The monoisotopic (exact) mass is 301 g/mol. The van der Waals surface area contributed by atoms with E-state index in [0.29, 0.717) is 5.92 Å². The van der Waals surface area contributed by atoms with Crippen molar-refractivity contribution >= 4 is 22.8 Å². The largest absolute Gasteiger partial charge is 0.466 e. The van der Waals surface area contributed by atoms with Crippen LogP contribution >= 0.6 is 11.7 Å². The summed E-state index contributed by atoms with van der Waals surface area (Å²) in [5.74, 6) is 2.50. The number of aryl methyl sites for hydroxylation is 1. The molecule has 1 atom stereocenters. The summed E-state index contributed by atoms with van der Waals surface area (Å²) >= 11 is 1.26. The van der Waals surface area contributed by atoms with Crippen LogP contribution in [0.4, 0.5) is 0 Å². The molecule has 4 nitrogen and oxygen atoms in total. The average Bonchev–Trinajstić information content (AvgIpc) is 3.11. The van der Waals surface area contributed by atoms with E-state index in [2.05, 4.69) is 39.2 Å². The quantitative estimate of drug-likeness (QED) is 0.702. The minimum atomic E-state index is 0.441. The SMILES string of the molecule is Cc1ccc([C@@H](C)CCNCc2ccc3nsnc3c2)o1. The smallest absolute Gasteiger partial charge is 0.107 e. The van der Waals surface area contributed by atoms with Crippen molar-refractivity contribution in [2.45, 2.75) is 32.7 Å². The zero-order chi connectivity index (χ0) is 14.7. The van der Waals surface area contributed by atoms with Crippen LogP contribution in [-0.2, 0) is 6.54 Å². The fourth-order valence-electron chi connectivity index (χ4n) is 2.35. The Morgan fingerprint density at radius 2 is 2.05 bits per heavy atom. The van der Waals surface area contributed by atoms with Crippen LogP contribution in [0.25, 0.3) is 11.0 Å². The third kappa shape index (κ3) is 3.49. The third-order valence-corrected chi connectivity index (χ3v) is 4.20. The van der Waals surface area contributed by atoms with E-state index in [0.717, 1.165) is 42.1 Å². The highest BCUT2D eigenvalue weighted by atomic mass is 32.1. The van der Waals surface area contributed by atoms with E-state index in [1.807, 2.05) is 19.1 Å². The second kappa shape index (κ2) is 6.37. The number of rotatable bonds is 6. The van der Waals surface area contributed by atoms with Crippen LogP contribution in [0.15, 0.2) is 34.7 Å². The first kappa shape index (κ1) is 14.2. The first-order valence-electron chi connectivity index (χ1n) is 7.20. The molecule has 0 saturated heterocycles. The molecular formula is C16H19N3OS. The lowest BCUT2D eigenvalue weighted by Crippen LogP contribution is -2.16. The number of nitrogens with zero attached hydrogens (tertiary/aromatic N) is 2. The summed E-state index contributed by atoms with van der Waals surface area (Å²) in [4.78, 5) is 0. The van der Waals surface area contributed by atoms with Crippen molar-refractivity contribution in [1.82, 2.24) is 14.1 Å². The van der Waals surface area contributed by atoms with Crippen LogP contribution in [0.2, 0.25) is 0 Å². The molecular weight excluding hydrogens is 282 g/mol. The van der Waals surface area contributed by atoms with Crippen molar-refractivity contribution in [3.8, 4) is 0 Å². The number of benzene rings is 1. The van der Waals surface area contributed by atoms with E-state index in [9.17, 15) is 0 Å². The Kier molecular flexibility index (Phi) is 4.31. The minimum absolute atomic E-state index is 0.441. The molecule has 110 valence electrons. The summed E-state index contributed by atoms with van der Waals surface area (Å²) in [6, 6.07) is 10.3. The molecule has 3 rings (SSSR count). The van der Waals surface area contributed by atoms with Crippen LogP contribution in [0.1, 0.15) is 36.3 Å². The first-order chi connectivity index (χ1) is 10.2. The van der Waals surface area contributed by atoms with Gasteiger partial charge in [-0.3, -0.25) is 0 Å². The van der Waals surface area contributed by atoms with E-state index in [4.69, 9.17) is 4.42 Å². The van der Waals surface area contributed by atoms with Gasteiger partial charge in [0.05, 0.1) is 11.7 Å². The molecule has 1 N–H and O–H groups in total. The Morgan fingerprint density at radius 1 is 1.19 bits per heavy atom. The van der Waals surface area contributed by atoms with Gasteiger partial charge in [0.15, 0.2) is 0 Å². The number of hydrogen-bond donors (Lipinski definition) is 1. The molecule has 0 bridgehead atoms. The van der Waals surface area contributed by atoms with Gasteiger partial charge in [0.1, 0.15) is 22.6 Å². The molecule has 3 aromatic rings. The van der Waals surface area contributed by atoms with Gasteiger partial charge >= 0.3 is 0 Å². The normalized spacial score (nSPS) is 12.9. The summed E-state index contributed by atoms with van der Waals surface area (Å²) in [6.45, 7) is 6.01. The van der Waals surface area contributed by atoms with E-state index in [1.54, 1.807) is 0 Å². The van der Waals surface area contributed by atoms with Gasteiger partial charge in [0, 0.05) is 12.5 Å². The van der Waals surface area contributed by atoms with Gasteiger partial charge < -0.3 is 9.73 Å². The van der Waals surface area contributed by atoms with Crippen molar-refractivity contribution < 1.29 is 4.42 Å². The molecule has 0 aliphatic rings. The van der Waals surface area contributed by atoms with Crippen molar-refractivity contribution in [1.29, 1.82) is 0 Å². The predicted molar refractivity (Wildman–Crippen MR) is 85.6 cm³/mol. The number of hydrogen-bond acceptors (Lipinski definition) is 5. The molecule has 1 aromatic carbocycles. The van der Waals surface area contributed by atoms with Gasteiger partial charge in [-0.15, -0.1) is 0 Å². The number of furan rings is 1. The van der Waals surface area contributed by atoms with E-state index >= 15 is 0 Å². The second-order valence-electron chi connectivity index (χ2n) is 5.40. The van der Waals surface area contributed by atoms with Gasteiger partial charge in [-0.05, 0) is 49.7 Å². The predicted octanol–water partition coefficient (Wildman–Crippen LogP) is 3.88. The zero-order valence-corrected chi connectivity index (χ0v) is 13.1. The van der Waals surface area contributed by atoms with Crippen LogP contribution < -0.4 is 5.32 Å². The summed E-state index contributed by atoms with van der Waals surface area (Å²) < 4.78 is 14.1. The van der Waals surface area contributed by atoms with Crippen molar-refractivity contribution in [2.75, 3.05) is 6.54 Å². The Hall–Kier alpha value is -1.72. The van der Waals surface area contributed by atoms with Crippen LogP contribution in [-0.4, -0.2) is 15.3 Å². The highest BCUT2D eigenvalue weighted by Crippen LogP contribution is 2.20.